The minimum absolute atomic E-state index is 0.187. The number of aryl methyl sites for hydroxylation is 3. The zero-order valence-electron chi connectivity index (χ0n) is 18.7. The zero-order valence-corrected chi connectivity index (χ0v) is 18.7. The molecule has 2 aromatic carbocycles. The number of rotatable bonds is 6. The average Bonchev–Trinajstić information content (AvgIpc) is 3.21. The zero-order chi connectivity index (χ0) is 22.8. The number of halogens is 1. The summed E-state index contributed by atoms with van der Waals surface area (Å²) < 4.78 is 16.9. The van der Waals surface area contributed by atoms with Gasteiger partial charge in [-0.3, -0.25) is 14.2 Å². The largest absolute Gasteiger partial charge is 0.319 e. The number of anilines is 1. The van der Waals surface area contributed by atoms with E-state index < -0.39 is 0 Å². The smallest absolute Gasteiger partial charge is 0.255 e. The molecule has 7 heteroatoms. The molecular weight excluding hydrogens is 405 g/mol. The van der Waals surface area contributed by atoms with Crippen LogP contribution in [-0.4, -0.2) is 25.5 Å². The number of aromatic nitrogens is 4. The molecule has 0 aliphatic rings. The van der Waals surface area contributed by atoms with Gasteiger partial charge in [-0.25, -0.2) is 4.39 Å². The van der Waals surface area contributed by atoms with Gasteiger partial charge in [0.25, 0.3) is 5.91 Å². The number of hydrogen-bond donors (Lipinski definition) is 1. The number of nitrogens with one attached hydrogen (secondary N) is 1. The van der Waals surface area contributed by atoms with Gasteiger partial charge in [-0.15, -0.1) is 0 Å². The third kappa shape index (κ3) is 4.61. The molecule has 6 nitrogen and oxygen atoms in total. The molecule has 0 aliphatic heterocycles. The molecule has 0 unspecified atom stereocenters. The van der Waals surface area contributed by atoms with E-state index in [0.29, 0.717) is 24.3 Å². The van der Waals surface area contributed by atoms with Crippen LogP contribution in [0.25, 0.3) is 0 Å². The van der Waals surface area contributed by atoms with Gasteiger partial charge < -0.3 is 5.32 Å². The Morgan fingerprint density at radius 3 is 2.31 bits per heavy atom. The monoisotopic (exact) mass is 431 g/mol. The molecule has 0 saturated heterocycles. The number of carbonyl (C=O) groups is 1. The van der Waals surface area contributed by atoms with Crippen LogP contribution in [0, 0.1) is 33.5 Å². The molecule has 0 atom stereocenters. The maximum Gasteiger partial charge on any atom is 0.255 e. The van der Waals surface area contributed by atoms with Crippen LogP contribution < -0.4 is 5.32 Å². The van der Waals surface area contributed by atoms with Gasteiger partial charge in [-0.2, -0.15) is 10.2 Å². The normalized spacial score (nSPS) is 11.0. The van der Waals surface area contributed by atoms with Gasteiger partial charge in [-0.1, -0.05) is 24.3 Å². The van der Waals surface area contributed by atoms with Crippen LogP contribution in [0.5, 0.6) is 0 Å². The summed E-state index contributed by atoms with van der Waals surface area (Å²) in [5.74, 6) is -0.456. The SMILES string of the molecule is Cc1cc(C)n(Cc2cccc(C(=O)Nc3c(C)nn(Cc4ccc(F)cc4)c3C)c2)n1. The molecule has 2 aromatic heterocycles. The topological polar surface area (TPSA) is 64.7 Å². The highest BCUT2D eigenvalue weighted by Gasteiger charge is 2.16. The Kier molecular flexibility index (Phi) is 5.90. The van der Waals surface area contributed by atoms with Crippen molar-refractivity contribution in [2.45, 2.75) is 40.8 Å². The third-order valence-corrected chi connectivity index (χ3v) is 5.49. The van der Waals surface area contributed by atoms with Gasteiger partial charge in [0.1, 0.15) is 5.82 Å². The van der Waals surface area contributed by atoms with Crippen molar-refractivity contribution < 1.29 is 9.18 Å². The molecule has 2 heterocycles. The fourth-order valence-corrected chi connectivity index (χ4v) is 3.80. The van der Waals surface area contributed by atoms with Crippen molar-refractivity contribution in [3.05, 3.63) is 99.9 Å². The summed E-state index contributed by atoms with van der Waals surface area (Å²) in [5, 5.41) is 12.1. The first kappa shape index (κ1) is 21.5. The number of carbonyl (C=O) groups excluding carboxylic acids is 1. The maximum atomic E-state index is 13.2. The van der Waals surface area contributed by atoms with Gasteiger partial charge in [0.15, 0.2) is 0 Å². The van der Waals surface area contributed by atoms with Crippen molar-refractivity contribution in [3.8, 4) is 0 Å². The highest BCUT2D eigenvalue weighted by Crippen LogP contribution is 2.22. The number of nitrogens with zero attached hydrogens (tertiary/aromatic N) is 4. The molecule has 32 heavy (non-hydrogen) atoms. The van der Waals surface area contributed by atoms with Crippen LogP contribution in [0.1, 0.15) is 44.3 Å². The summed E-state index contributed by atoms with van der Waals surface area (Å²) in [6.07, 6.45) is 0. The molecular formula is C25H26FN5O. The first-order chi connectivity index (χ1) is 15.3. The molecule has 4 rings (SSSR count). The molecule has 1 amide bonds. The molecule has 0 radical (unpaired) electrons. The second-order valence-electron chi connectivity index (χ2n) is 8.07. The summed E-state index contributed by atoms with van der Waals surface area (Å²) in [6.45, 7) is 8.87. The van der Waals surface area contributed by atoms with E-state index in [2.05, 4.69) is 15.5 Å². The molecule has 164 valence electrons. The van der Waals surface area contributed by atoms with Gasteiger partial charge >= 0.3 is 0 Å². The van der Waals surface area contributed by atoms with E-state index in [9.17, 15) is 9.18 Å². The Balaban J connectivity index is 1.51. The minimum atomic E-state index is -0.268. The van der Waals surface area contributed by atoms with Crippen LogP contribution in [0.3, 0.4) is 0 Å². The summed E-state index contributed by atoms with van der Waals surface area (Å²) in [7, 11) is 0. The molecule has 0 saturated carbocycles. The van der Waals surface area contributed by atoms with Crippen LogP contribution in [0.15, 0.2) is 54.6 Å². The lowest BCUT2D eigenvalue weighted by atomic mass is 10.1. The lowest BCUT2D eigenvalue weighted by Crippen LogP contribution is -2.14. The number of amides is 1. The van der Waals surface area contributed by atoms with Crippen LogP contribution in [-0.2, 0) is 13.1 Å². The molecule has 1 N–H and O–H groups in total. The lowest BCUT2D eigenvalue weighted by Gasteiger charge is -2.09. The first-order valence-electron chi connectivity index (χ1n) is 10.5. The van der Waals surface area contributed by atoms with Gasteiger partial charge in [-0.05, 0) is 69.2 Å². The van der Waals surface area contributed by atoms with Crippen LogP contribution in [0.2, 0.25) is 0 Å². The van der Waals surface area contributed by atoms with Crippen LogP contribution in [0.4, 0.5) is 10.1 Å². The van der Waals surface area contributed by atoms with Gasteiger partial charge in [0, 0.05) is 11.3 Å². The highest BCUT2D eigenvalue weighted by molar-refractivity contribution is 6.05. The molecule has 0 spiro atoms. The van der Waals surface area contributed by atoms with E-state index in [-0.39, 0.29) is 11.7 Å². The quantitative estimate of drug-likeness (QED) is 0.477. The Labute approximate surface area is 186 Å². The van der Waals surface area contributed by atoms with Crippen molar-refractivity contribution in [1.82, 2.24) is 19.6 Å². The summed E-state index contributed by atoms with van der Waals surface area (Å²) in [6, 6.07) is 15.9. The first-order valence-corrected chi connectivity index (χ1v) is 10.5. The predicted octanol–water partition coefficient (Wildman–Crippen LogP) is 4.80. The van der Waals surface area contributed by atoms with Crippen molar-refractivity contribution in [2.75, 3.05) is 5.32 Å². The molecule has 4 aromatic rings. The second-order valence-corrected chi connectivity index (χ2v) is 8.07. The fraction of sp³-hybridized carbons (Fsp3) is 0.240. The van der Waals surface area contributed by atoms with Gasteiger partial charge in [0.2, 0.25) is 0 Å². The van der Waals surface area contributed by atoms with Crippen molar-refractivity contribution in [1.29, 1.82) is 0 Å². The van der Waals surface area contributed by atoms with E-state index in [4.69, 9.17) is 0 Å². The number of benzene rings is 2. The Hall–Kier alpha value is -3.74. The molecule has 0 aliphatic carbocycles. The summed E-state index contributed by atoms with van der Waals surface area (Å²) >= 11 is 0. The third-order valence-electron chi connectivity index (χ3n) is 5.49. The van der Waals surface area contributed by atoms with E-state index in [1.807, 2.05) is 61.3 Å². The fourth-order valence-electron chi connectivity index (χ4n) is 3.80. The molecule has 0 bridgehead atoms. The molecule has 0 fully saturated rings. The van der Waals surface area contributed by atoms with Crippen molar-refractivity contribution in [2.24, 2.45) is 0 Å². The van der Waals surface area contributed by atoms with E-state index in [1.165, 1.54) is 12.1 Å². The van der Waals surface area contributed by atoms with Crippen molar-refractivity contribution in [3.63, 3.8) is 0 Å². The second kappa shape index (κ2) is 8.78. The van der Waals surface area contributed by atoms with E-state index in [1.54, 1.807) is 18.2 Å². The predicted molar refractivity (Wildman–Crippen MR) is 122 cm³/mol. The number of hydrogen-bond acceptors (Lipinski definition) is 3. The minimum Gasteiger partial charge on any atom is -0.319 e. The van der Waals surface area contributed by atoms with E-state index in [0.717, 1.165) is 33.9 Å². The standard InChI is InChI=1S/C25H26FN5O/c1-16-12-17(2)30(28-16)15-21-6-5-7-22(13-21)25(32)27-24-18(3)29-31(19(24)4)14-20-8-10-23(26)11-9-20/h5-13H,14-15H2,1-4H3,(H,27,32). The average molecular weight is 432 g/mol. The lowest BCUT2D eigenvalue weighted by molar-refractivity contribution is 0.102. The van der Waals surface area contributed by atoms with Gasteiger partial charge in [0.05, 0.1) is 35.9 Å². The maximum absolute atomic E-state index is 13.2. The highest BCUT2D eigenvalue weighted by atomic mass is 19.1. The summed E-state index contributed by atoms with van der Waals surface area (Å²) in [5.41, 5.74) is 6.85. The Morgan fingerprint density at radius 1 is 0.906 bits per heavy atom. The van der Waals surface area contributed by atoms with E-state index >= 15 is 0 Å². The van der Waals surface area contributed by atoms with Crippen molar-refractivity contribution >= 4 is 11.6 Å². The van der Waals surface area contributed by atoms with Crippen LogP contribution >= 0.6 is 0 Å². The summed E-state index contributed by atoms with van der Waals surface area (Å²) in [4.78, 5) is 13.0. The Bertz CT molecular complexity index is 1270. The Morgan fingerprint density at radius 2 is 1.62 bits per heavy atom.